The minimum Gasteiger partial charge on any atom is -0.490 e. The Labute approximate surface area is 76.8 Å². The van der Waals surface area contributed by atoms with Gasteiger partial charge in [0.05, 0.1) is 7.11 Å². The van der Waals surface area contributed by atoms with Crippen molar-refractivity contribution in [3.63, 3.8) is 0 Å². The molecule has 4 heteroatoms. The van der Waals surface area contributed by atoms with E-state index in [1.54, 1.807) is 0 Å². The van der Waals surface area contributed by atoms with Crippen molar-refractivity contribution < 1.29 is 14.3 Å². The molecule has 13 heavy (non-hydrogen) atoms. The smallest absolute Gasteiger partial charge is 0.227 e. The highest BCUT2D eigenvalue weighted by molar-refractivity contribution is 5.16. The average Bonchev–Trinajstić information content (AvgIpc) is 2.20. The van der Waals surface area contributed by atoms with E-state index in [-0.39, 0.29) is 23.5 Å². The van der Waals surface area contributed by atoms with Crippen LogP contribution < -0.4 is 10.2 Å². The Morgan fingerprint density at radius 1 is 1.54 bits per heavy atom. The molecule has 0 aromatic carbocycles. The summed E-state index contributed by atoms with van der Waals surface area (Å²) in [5.74, 6) is 0.373. The molecule has 1 heterocycles. The molecule has 0 amide bonds. The molecule has 1 N–H and O–H groups in total. The van der Waals surface area contributed by atoms with Gasteiger partial charge in [0.1, 0.15) is 18.6 Å². The van der Waals surface area contributed by atoms with Crippen molar-refractivity contribution in [2.24, 2.45) is 0 Å². The second-order valence-electron chi connectivity index (χ2n) is 1.94. The van der Waals surface area contributed by atoms with Gasteiger partial charge in [-0.15, -0.1) is 0 Å². The standard InChI is InChI=1S/C7H8O4.C2H6/c1-10-7-4-11-5(3-8)2-6(7)9;1-2/h2,4,8H,3H2,1H3;1-2H3. The molecule has 74 valence electrons. The summed E-state index contributed by atoms with van der Waals surface area (Å²) in [5.41, 5.74) is -0.289. The second kappa shape index (κ2) is 6.25. The topological polar surface area (TPSA) is 59.7 Å². The summed E-state index contributed by atoms with van der Waals surface area (Å²) in [7, 11) is 1.38. The highest BCUT2D eigenvalue weighted by atomic mass is 16.5. The van der Waals surface area contributed by atoms with Crippen LogP contribution in [0.4, 0.5) is 0 Å². The van der Waals surface area contributed by atoms with Gasteiger partial charge in [-0.1, -0.05) is 13.8 Å². The van der Waals surface area contributed by atoms with Crippen LogP contribution in [0, 0.1) is 0 Å². The van der Waals surface area contributed by atoms with Crippen LogP contribution in [0.1, 0.15) is 19.6 Å². The van der Waals surface area contributed by atoms with Gasteiger partial charge in [0.15, 0.2) is 0 Å². The van der Waals surface area contributed by atoms with Gasteiger partial charge in [-0.2, -0.15) is 0 Å². The zero-order valence-corrected chi connectivity index (χ0v) is 8.03. The third kappa shape index (κ3) is 3.29. The SMILES string of the molecule is CC.COc1coc(CO)cc1=O. The number of hydrogen-bond acceptors (Lipinski definition) is 4. The lowest BCUT2D eigenvalue weighted by Gasteiger charge is -1.97. The quantitative estimate of drug-likeness (QED) is 0.753. The van der Waals surface area contributed by atoms with Gasteiger partial charge in [0, 0.05) is 6.07 Å². The predicted molar refractivity (Wildman–Crippen MR) is 48.8 cm³/mol. The zero-order valence-electron chi connectivity index (χ0n) is 8.03. The van der Waals surface area contributed by atoms with Gasteiger partial charge in [-0.25, -0.2) is 0 Å². The molecule has 0 fully saturated rings. The number of ether oxygens (including phenoxy) is 1. The lowest BCUT2D eigenvalue weighted by molar-refractivity contribution is 0.240. The molecule has 1 aromatic rings. The summed E-state index contributed by atoms with van der Waals surface area (Å²) in [5, 5.41) is 8.55. The maximum atomic E-state index is 10.9. The maximum Gasteiger partial charge on any atom is 0.227 e. The van der Waals surface area contributed by atoms with Crippen molar-refractivity contribution in [3.05, 3.63) is 28.3 Å². The largest absolute Gasteiger partial charge is 0.490 e. The summed E-state index contributed by atoms with van der Waals surface area (Å²) >= 11 is 0. The first kappa shape index (κ1) is 11.7. The normalized spacial score (nSPS) is 8.62. The van der Waals surface area contributed by atoms with Gasteiger partial charge >= 0.3 is 0 Å². The Balaban J connectivity index is 0.000000671. The van der Waals surface area contributed by atoms with Crippen LogP contribution in [0.25, 0.3) is 0 Å². The fraction of sp³-hybridized carbons (Fsp3) is 0.444. The summed E-state index contributed by atoms with van der Waals surface area (Å²) in [6.07, 6.45) is 1.17. The van der Waals surface area contributed by atoms with Gasteiger partial charge in [-0.3, -0.25) is 4.79 Å². The Morgan fingerprint density at radius 2 is 2.15 bits per heavy atom. The van der Waals surface area contributed by atoms with Gasteiger partial charge in [-0.05, 0) is 0 Å². The molecule has 4 nitrogen and oxygen atoms in total. The molecule has 0 saturated carbocycles. The number of methoxy groups -OCH3 is 1. The van der Waals surface area contributed by atoms with Crippen molar-refractivity contribution in [3.8, 4) is 5.75 Å². The molecule has 0 aliphatic rings. The molecule has 0 aliphatic heterocycles. The molecule has 0 spiro atoms. The van der Waals surface area contributed by atoms with Crippen LogP contribution in [-0.4, -0.2) is 12.2 Å². The fourth-order valence-electron chi connectivity index (χ4n) is 0.670. The van der Waals surface area contributed by atoms with Crippen LogP contribution in [0.5, 0.6) is 5.75 Å². The lowest BCUT2D eigenvalue weighted by atomic mass is 10.4. The minimum absolute atomic E-state index is 0.141. The Morgan fingerprint density at radius 3 is 2.54 bits per heavy atom. The van der Waals surface area contributed by atoms with Crippen LogP contribution in [0.3, 0.4) is 0 Å². The first-order chi connectivity index (χ1) is 6.27. The van der Waals surface area contributed by atoms with Crippen LogP contribution in [-0.2, 0) is 6.61 Å². The van der Waals surface area contributed by atoms with Gasteiger partial charge in [0.25, 0.3) is 0 Å². The summed E-state index contributed by atoms with van der Waals surface area (Å²) in [6, 6.07) is 1.19. The first-order valence-electron chi connectivity index (χ1n) is 4.04. The van der Waals surface area contributed by atoms with E-state index in [4.69, 9.17) is 9.52 Å². The van der Waals surface area contributed by atoms with Crippen molar-refractivity contribution in [1.29, 1.82) is 0 Å². The van der Waals surface area contributed by atoms with E-state index in [0.717, 1.165) is 0 Å². The highest BCUT2D eigenvalue weighted by Gasteiger charge is 2.00. The number of hydrogen-bond donors (Lipinski definition) is 1. The van der Waals surface area contributed by atoms with Crippen molar-refractivity contribution in [2.75, 3.05) is 7.11 Å². The Hall–Kier alpha value is -1.29. The monoisotopic (exact) mass is 186 g/mol. The third-order valence-electron chi connectivity index (χ3n) is 1.23. The zero-order chi connectivity index (χ0) is 10.3. The fourth-order valence-corrected chi connectivity index (χ4v) is 0.670. The van der Waals surface area contributed by atoms with Gasteiger partial charge in [0.2, 0.25) is 11.2 Å². The summed E-state index contributed by atoms with van der Waals surface area (Å²) in [6.45, 7) is 3.72. The molecule has 0 radical (unpaired) electrons. The molecule has 1 aromatic heterocycles. The van der Waals surface area contributed by atoms with E-state index in [9.17, 15) is 4.79 Å². The van der Waals surface area contributed by atoms with E-state index < -0.39 is 0 Å². The molecule has 1 rings (SSSR count). The number of rotatable bonds is 2. The van der Waals surface area contributed by atoms with E-state index in [1.807, 2.05) is 13.8 Å². The molecule has 0 saturated heterocycles. The van der Waals surface area contributed by atoms with E-state index in [0.29, 0.717) is 0 Å². The summed E-state index contributed by atoms with van der Waals surface area (Å²) < 4.78 is 9.46. The van der Waals surface area contributed by atoms with Gasteiger partial charge < -0.3 is 14.3 Å². The van der Waals surface area contributed by atoms with Crippen molar-refractivity contribution in [2.45, 2.75) is 20.5 Å². The van der Waals surface area contributed by atoms with Crippen LogP contribution in [0.15, 0.2) is 21.5 Å². The molecular weight excluding hydrogens is 172 g/mol. The van der Waals surface area contributed by atoms with Crippen molar-refractivity contribution >= 4 is 0 Å². The minimum atomic E-state index is -0.289. The van der Waals surface area contributed by atoms with Crippen LogP contribution >= 0.6 is 0 Å². The second-order valence-corrected chi connectivity index (χ2v) is 1.94. The molecule has 0 unspecified atom stereocenters. The van der Waals surface area contributed by atoms with Crippen molar-refractivity contribution in [1.82, 2.24) is 0 Å². The molecule has 0 bridgehead atoms. The predicted octanol–water partition coefficient (Wildman–Crippen LogP) is 1.17. The lowest BCUT2D eigenvalue weighted by Crippen LogP contribution is -2.04. The average molecular weight is 186 g/mol. The highest BCUT2D eigenvalue weighted by Crippen LogP contribution is 2.03. The molecular formula is C9H14O4. The van der Waals surface area contributed by atoms with E-state index in [2.05, 4.69) is 4.74 Å². The number of aliphatic hydroxyl groups is 1. The Kier molecular flexibility index (Phi) is 5.63. The first-order valence-corrected chi connectivity index (χ1v) is 4.04. The van der Waals surface area contributed by atoms with E-state index >= 15 is 0 Å². The molecule has 0 atom stereocenters. The third-order valence-corrected chi connectivity index (χ3v) is 1.23. The number of aliphatic hydroxyl groups excluding tert-OH is 1. The van der Waals surface area contributed by atoms with Crippen LogP contribution in [0.2, 0.25) is 0 Å². The van der Waals surface area contributed by atoms with E-state index in [1.165, 1.54) is 19.4 Å². The molecule has 0 aliphatic carbocycles. The Bertz CT molecular complexity index is 290. The summed E-state index contributed by atoms with van der Waals surface area (Å²) in [4.78, 5) is 10.9. The maximum absolute atomic E-state index is 10.9.